The van der Waals surface area contributed by atoms with Crippen molar-refractivity contribution in [1.82, 2.24) is 5.32 Å². The van der Waals surface area contributed by atoms with E-state index in [-0.39, 0.29) is 17.7 Å². The molecule has 1 aliphatic rings. The minimum absolute atomic E-state index is 0.00330. The van der Waals surface area contributed by atoms with Crippen molar-refractivity contribution in [1.29, 1.82) is 0 Å². The standard InChI is InChI=1S/C13H21NO3/c1-5-11(15)9-7-6-8-10(9)14-12(16)17-13(2,3)4/h5,9-10H,1,6-8H2,2-4H3,(H,14,16). The van der Waals surface area contributed by atoms with Crippen LogP contribution in [0.5, 0.6) is 0 Å². The van der Waals surface area contributed by atoms with Crippen LogP contribution < -0.4 is 5.32 Å². The Hall–Kier alpha value is -1.32. The maximum absolute atomic E-state index is 11.6. The molecule has 4 heteroatoms. The highest BCUT2D eigenvalue weighted by Gasteiger charge is 2.33. The number of rotatable bonds is 3. The summed E-state index contributed by atoms with van der Waals surface area (Å²) in [6, 6.07) is -0.115. The van der Waals surface area contributed by atoms with Gasteiger partial charge in [0.1, 0.15) is 5.60 Å². The smallest absolute Gasteiger partial charge is 0.407 e. The van der Waals surface area contributed by atoms with Crippen molar-refractivity contribution in [2.45, 2.75) is 51.7 Å². The third-order valence-electron chi connectivity index (χ3n) is 2.78. The highest BCUT2D eigenvalue weighted by atomic mass is 16.6. The fourth-order valence-corrected chi connectivity index (χ4v) is 2.08. The quantitative estimate of drug-likeness (QED) is 0.769. The number of alkyl carbamates (subject to hydrolysis) is 1. The minimum Gasteiger partial charge on any atom is -0.444 e. The molecule has 0 radical (unpaired) electrons. The molecule has 0 heterocycles. The van der Waals surface area contributed by atoms with E-state index in [1.165, 1.54) is 6.08 Å². The van der Waals surface area contributed by atoms with Crippen LogP contribution >= 0.6 is 0 Å². The van der Waals surface area contributed by atoms with Crippen molar-refractivity contribution in [3.63, 3.8) is 0 Å². The van der Waals surface area contributed by atoms with Gasteiger partial charge in [-0.25, -0.2) is 4.79 Å². The van der Waals surface area contributed by atoms with Gasteiger partial charge in [0.05, 0.1) is 0 Å². The molecule has 1 aliphatic carbocycles. The van der Waals surface area contributed by atoms with Crippen molar-refractivity contribution in [3.8, 4) is 0 Å². The van der Waals surface area contributed by atoms with Gasteiger partial charge in [-0.15, -0.1) is 0 Å². The molecule has 96 valence electrons. The molecule has 1 amide bonds. The van der Waals surface area contributed by atoms with Crippen molar-refractivity contribution in [3.05, 3.63) is 12.7 Å². The summed E-state index contributed by atoms with van der Waals surface area (Å²) in [6.45, 7) is 8.92. The molecule has 4 nitrogen and oxygen atoms in total. The maximum atomic E-state index is 11.6. The predicted octanol–water partition coefficient (Wildman–Crippen LogP) is 2.43. The fourth-order valence-electron chi connectivity index (χ4n) is 2.08. The second-order valence-electron chi connectivity index (χ2n) is 5.40. The first-order valence-corrected chi connectivity index (χ1v) is 5.99. The molecule has 0 aliphatic heterocycles. The Bertz CT molecular complexity index is 317. The average Bonchev–Trinajstić information content (AvgIpc) is 2.61. The highest BCUT2D eigenvalue weighted by Crippen LogP contribution is 2.27. The molecule has 2 unspecified atom stereocenters. The Labute approximate surface area is 102 Å². The van der Waals surface area contributed by atoms with E-state index in [2.05, 4.69) is 11.9 Å². The molecule has 0 bridgehead atoms. The predicted molar refractivity (Wildman–Crippen MR) is 65.7 cm³/mol. The van der Waals surface area contributed by atoms with Crippen molar-refractivity contribution in [2.75, 3.05) is 0 Å². The first-order valence-electron chi connectivity index (χ1n) is 5.99. The number of carbonyl (C=O) groups is 2. The van der Waals surface area contributed by atoms with Crippen LogP contribution in [0, 0.1) is 5.92 Å². The number of ketones is 1. The molecule has 0 aromatic heterocycles. The largest absolute Gasteiger partial charge is 0.444 e. The number of amides is 1. The maximum Gasteiger partial charge on any atom is 0.407 e. The summed E-state index contributed by atoms with van der Waals surface area (Å²) < 4.78 is 5.17. The summed E-state index contributed by atoms with van der Waals surface area (Å²) in [7, 11) is 0. The number of hydrogen-bond acceptors (Lipinski definition) is 3. The van der Waals surface area contributed by atoms with Gasteiger partial charge in [-0.05, 0) is 39.7 Å². The SMILES string of the molecule is C=CC(=O)C1CCCC1NC(=O)OC(C)(C)C. The lowest BCUT2D eigenvalue weighted by atomic mass is 9.98. The Morgan fingerprint density at radius 3 is 2.53 bits per heavy atom. The summed E-state index contributed by atoms with van der Waals surface area (Å²) >= 11 is 0. The Balaban J connectivity index is 2.53. The average molecular weight is 239 g/mol. The van der Waals surface area contributed by atoms with Gasteiger partial charge in [-0.3, -0.25) is 4.79 Å². The van der Waals surface area contributed by atoms with Crippen LogP contribution in [0.25, 0.3) is 0 Å². The molecule has 2 atom stereocenters. The van der Waals surface area contributed by atoms with E-state index < -0.39 is 11.7 Å². The summed E-state index contributed by atoms with van der Waals surface area (Å²) in [5, 5.41) is 2.77. The molecular formula is C13H21NO3. The van der Waals surface area contributed by atoms with E-state index in [4.69, 9.17) is 4.74 Å². The van der Waals surface area contributed by atoms with Crippen LogP contribution in [0.3, 0.4) is 0 Å². The summed E-state index contributed by atoms with van der Waals surface area (Å²) in [4.78, 5) is 23.2. The monoisotopic (exact) mass is 239 g/mol. The zero-order valence-corrected chi connectivity index (χ0v) is 10.8. The Morgan fingerprint density at radius 1 is 1.35 bits per heavy atom. The number of carbonyl (C=O) groups excluding carboxylic acids is 2. The summed E-state index contributed by atoms with van der Waals surface area (Å²) in [5.41, 5.74) is -0.513. The molecule has 1 fully saturated rings. The van der Waals surface area contributed by atoms with Crippen LogP contribution in [-0.2, 0) is 9.53 Å². The molecule has 0 saturated heterocycles. The van der Waals surface area contributed by atoms with Crippen LogP contribution in [0.1, 0.15) is 40.0 Å². The van der Waals surface area contributed by atoms with Gasteiger partial charge in [0.15, 0.2) is 5.78 Å². The molecule has 1 saturated carbocycles. The van der Waals surface area contributed by atoms with Gasteiger partial charge in [0, 0.05) is 12.0 Å². The molecule has 0 spiro atoms. The van der Waals surface area contributed by atoms with Crippen LogP contribution in [-0.4, -0.2) is 23.5 Å². The molecule has 1 N–H and O–H groups in total. The van der Waals surface area contributed by atoms with Gasteiger partial charge in [-0.2, -0.15) is 0 Å². The Morgan fingerprint density at radius 2 is 2.00 bits per heavy atom. The lowest BCUT2D eigenvalue weighted by Crippen LogP contribution is -2.42. The summed E-state index contributed by atoms with van der Waals surface area (Å²) in [5.74, 6) is -0.136. The van der Waals surface area contributed by atoms with E-state index in [1.54, 1.807) is 0 Å². The van der Waals surface area contributed by atoms with E-state index in [9.17, 15) is 9.59 Å². The van der Waals surface area contributed by atoms with Crippen LogP contribution in [0.15, 0.2) is 12.7 Å². The van der Waals surface area contributed by atoms with Crippen molar-refractivity contribution in [2.24, 2.45) is 5.92 Å². The molecule has 1 rings (SSSR count). The number of nitrogens with one attached hydrogen (secondary N) is 1. The lowest BCUT2D eigenvalue weighted by molar-refractivity contribution is -0.118. The van der Waals surface area contributed by atoms with Gasteiger partial charge in [0.25, 0.3) is 0 Å². The fraction of sp³-hybridized carbons (Fsp3) is 0.692. The van der Waals surface area contributed by atoms with E-state index in [0.29, 0.717) is 0 Å². The van der Waals surface area contributed by atoms with Gasteiger partial charge >= 0.3 is 6.09 Å². The molecule has 0 aromatic rings. The Kier molecular flexibility index (Phi) is 4.32. The highest BCUT2D eigenvalue weighted by molar-refractivity contribution is 5.92. The van der Waals surface area contributed by atoms with Crippen LogP contribution in [0.4, 0.5) is 4.79 Å². The van der Waals surface area contributed by atoms with Gasteiger partial charge in [-0.1, -0.05) is 13.0 Å². The zero-order valence-electron chi connectivity index (χ0n) is 10.8. The third kappa shape index (κ3) is 4.21. The van der Waals surface area contributed by atoms with Crippen molar-refractivity contribution < 1.29 is 14.3 Å². The van der Waals surface area contributed by atoms with Crippen LogP contribution in [0.2, 0.25) is 0 Å². The number of hydrogen-bond donors (Lipinski definition) is 1. The van der Waals surface area contributed by atoms with E-state index >= 15 is 0 Å². The summed E-state index contributed by atoms with van der Waals surface area (Å²) in [6.07, 6.45) is 3.46. The first-order chi connectivity index (χ1) is 7.83. The first kappa shape index (κ1) is 13.7. The lowest BCUT2D eigenvalue weighted by Gasteiger charge is -2.23. The third-order valence-corrected chi connectivity index (χ3v) is 2.78. The minimum atomic E-state index is -0.513. The van der Waals surface area contributed by atoms with Crippen molar-refractivity contribution >= 4 is 11.9 Å². The van der Waals surface area contributed by atoms with E-state index in [1.807, 2.05) is 20.8 Å². The normalized spacial score (nSPS) is 24.2. The van der Waals surface area contributed by atoms with Gasteiger partial charge < -0.3 is 10.1 Å². The number of ether oxygens (including phenoxy) is 1. The number of allylic oxidation sites excluding steroid dienone is 1. The van der Waals surface area contributed by atoms with E-state index in [0.717, 1.165) is 19.3 Å². The molecule has 0 aromatic carbocycles. The topological polar surface area (TPSA) is 55.4 Å². The van der Waals surface area contributed by atoms with Gasteiger partial charge in [0.2, 0.25) is 0 Å². The zero-order chi connectivity index (χ0) is 13.1. The second-order valence-corrected chi connectivity index (χ2v) is 5.40. The molecule has 17 heavy (non-hydrogen) atoms. The second kappa shape index (κ2) is 5.34. The molecular weight excluding hydrogens is 218 g/mol.